The lowest BCUT2D eigenvalue weighted by molar-refractivity contribution is 0.102. The number of hydrogen-bond donors (Lipinski definition) is 2. The molecule has 0 heterocycles. The summed E-state index contributed by atoms with van der Waals surface area (Å²) < 4.78 is 0. The zero-order valence-corrected chi connectivity index (χ0v) is 12.9. The number of anilines is 2. The van der Waals surface area contributed by atoms with Gasteiger partial charge in [0.1, 0.15) is 0 Å². The van der Waals surface area contributed by atoms with Crippen molar-refractivity contribution in [1.82, 2.24) is 0 Å². The summed E-state index contributed by atoms with van der Waals surface area (Å²) in [5.74, 6) is -0.0780. The molecule has 0 aromatic heterocycles. The monoisotopic (exact) mass is 282 g/mol. The zero-order valence-electron chi connectivity index (χ0n) is 12.9. The van der Waals surface area contributed by atoms with E-state index in [9.17, 15) is 4.79 Å². The van der Waals surface area contributed by atoms with E-state index < -0.39 is 0 Å². The van der Waals surface area contributed by atoms with Gasteiger partial charge in [-0.25, -0.2) is 0 Å². The maximum Gasteiger partial charge on any atom is 0.255 e. The Kier molecular flexibility index (Phi) is 4.99. The Balaban J connectivity index is 2.11. The fourth-order valence-electron chi connectivity index (χ4n) is 2.19. The summed E-state index contributed by atoms with van der Waals surface area (Å²) in [6, 6.07) is 13.5. The van der Waals surface area contributed by atoms with Crippen LogP contribution in [0.4, 0.5) is 11.4 Å². The highest BCUT2D eigenvalue weighted by Gasteiger charge is 2.08. The van der Waals surface area contributed by atoms with Gasteiger partial charge in [0.15, 0.2) is 0 Å². The van der Waals surface area contributed by atoms with E-state index in [4.69, 9.17) is 0 Å². The van der Waals surface area contributed by atoms with Crippen molar-refractivity contribution >= 4 is 17.3 Å². The summed E-state index contributed by atoms with van der Waals surface area (Å²) in [6.07, 6.45) is 1.08. The van der Waals surface area contributed by atoms with Gasteiger partial charge in [0.2, 0.25) is 0 Å². The van der Waals surface area contributed by atoms with Crippen molar-refractivity contribution < 1.29 is 4.79 Å². The summed E-state index contributed by atoms with van der Waals surface area (Å²) in [4.78, 5) is 12.3. The van der Waals surface area contributed by atoms with E-state index in [-0.39, 0.29) is 5.91 Å². The molecule has 0 fully saturated rings. The second-order valence-electron chi connectivity index (χ2n) is 5.28. The van der Waals surface area contributed by atoms with Crippen LogP contribution in [0.1, 0.15) is 34.8 Å². The van der Waals surface area contributed by atoms with Crippen LogP contribution in [0.3, 0.4) is 0 Å². The van der Waals surface area contributed by atoms with Gasteiger partial charge in [0, 0.05) is 23.5 Å². The molecule has 110 valence electrons. The summed E-state index contributed by atoms with van der Waals surface area (Å²) in [6.45, 7) is 7.09. The molecule has 0 bridgehead atoms. The fraction of sp³-hybridized carbons (Fsp3) is 0.278. The Morgan fingerprint density at radius 3 is 2.57 bits per heavy atom. The van der Waals surface area contributed by atoms with E-state index in [1.807, 2.05) is 56.3 Å². The number of carbonyl (C=O) groups excluding carboxylic acids is 1. The number of carbonyl (C=O) groups is 1. The third kappa shape index (κ3) is 4.09. The van der Waals surface area contributed by atoms with E-state index in [2.05, 4.69) is 17.6 Å². The number of hydrogen-bond acceptors (Lipinski definition) is 2. The van der Waals surface area contributed by atoms with E-state index in [0.29, 0.717) is 5.56 Å². The fourth-order valence-corrected chi connectivity index (χ4v) is 2.19. The molecule has 0 radical (unpaired) electrons. The molecule has 2 aromatic carbocycles. The van der Waals surface area contributed by atoms with E-state index in [0.717, 1.165) is 35.5 Å². The van der Waals surface area contributed by atoms with Crippen molar-refractivity contribution in [2.24, 2.45) is 0 Å². The van der Waals surface area contributed by atoms with Gasteiger partial charge in [-0.05, 0) is 61.7 Å². The molecule has 2 N–H and O–H groups in total. The van der Waals surface area contributed by atoms with Crippen LogP contribution in [0.2, 0.25) is 0 Å². The molecular weight excluding hydrogens is 260 g/mol. The molecule has 21 heavy (non-hydrogen) atoms. The molecule has 0 unspecified atom stereocenters. The first-order chi connectivity index (χ1) is 10.1. The van der Waals surface area contributed by atoms with E-state index in [1.165, 1.54) is 0 Å². The van der Waals surface area contributed by atoms with Crippen molar-refractivity contribution in [3.8, 4) is 0 Å². The summed E-state index contributed by atoms with van der Waals surface area (Å²) in [5.41, 5.74) is 4.80. The minimum absolute atomic E-state index is 0.0780. The van der Waals surface area contributed by atoms with Gasteiger partial charge in [-0.1, -0.05) is 19.1 Å². The molecule has 0 saturated carbocycles. The van der Waals surface area contributed by atoms with Crippen molar-refractivity contribution in [1.29, 1.82) is 0 Å². The molecule has 0 aliphatic rings. The Bertz CT molecular complexity index is 635. The molecule has 0 aliphatic carbocycles. The predicted molar refractivity (Wildman–Crippen MR) is 89.1 cm³/mol. The third-order valence-electron chi connectivity index (χ3n) is 3.33. The second kappa shape index (κ2) is 6.93. The van der Waals surface area contributed by atoms with Gasteiger partial charge < -0.3 is 10.6 Å². The molecule has 0 aliphatic heterocycles. The Labute approximate surface area is 126 Å². The summed E-state index contributed by atoms with van der Waals surface area (Å²) in [7, 11) is 0. The van der Waals surface area contributed by atoms with E-state index >= 15 is 0 Å². The van der Waals surface area contributed by atoms with Crippen molar-refractivity contribution in [3.05, 3.63) is 59.2 Å². The SMILES string of the molecule is CCCNc1ccc(C(=O)Nc2cccc(C)c2)cc1C. The Hall–Kier alpha value is -2.29. The first-order valence-corrected chi connectivity index (χ1v) is 7.32. The van der Waals surface area contributed by atoms with Crippen LogP contribution in [0.25, 0.3) is 0 Å². The molecule has 2 aromatic rings. The van der Waals surface area contributed by atoms with Crippen molar-refractivity contribution in [2.45, 2.75) is 27.2 Å². The largest absolute Gasteiger partial charge is 0.385 e. The van der Waals surface area contributed by atoms with Crippen LogP contribution >= 0.6 is 0 Å². The third-order valence-corrected chi connectivity index (χ3v) is 3.33. The normalized spacial score (nSPS) is 10.2. The summed E-state index contributed by atoms with van der Waals surface area (Å²) in [5, 5.41) is 6.28. The topological polar surface area (TPSA) is 41.1 Å². The Morgan fingerprint density at radius 1 is 1.10 bits per heavy atom. The molecule has 3 nitrogen and oxygen atoms in total. The lowest BCUT2D eigenvalue weighted by atomic mass is 10.1. The van der Waals surface area contributed by atoms with Crippen LogP contribution in [-0.4, -0.2) is 12.5 Å². The molecule has 3 heteroatoms. The average Bonchev–Trinajstić information content (AvgIpc) is 2.46. The number of rotatable bonds is 5. The lowest BCUT2D eigenvalue weighted by Crippen LogP contribution is -2.12. The van der Waals surface area contributed by atoms with Gasteiger partial charge in [-0.15, -0.1) is 0 Å². The molecule has 0 saturated heterocycles. The molecule has 1 amide bonds. The van der Waals surface area contributed by atoms with Gasteiger partial charge in [-0.3, -0.25) is 4.79 Å². The Morgan fingerprint density at radius 2 is 1.90 bits per heavy atom. The van der Waals surface area contributed by atoms with Crippen molar-refractivity contribution in [3.63, 3.8) is 0 Å². The minimum Gasteiger partial charge on any atom is -0.385 e. The summed E-state index contributed by atoms with van der Waals surface area (Å²) >= 11 is 0. The van der Waals surface area contributed by atoms with Crippen LogP contribution in [0.15, 0.2) is 42.5 Å². The number of aryl methyl sites for hydroxylation is 2. The molecule has 0 atom stereocenters. The first-order valence-electron chi connectivity index (χ1n) is 7.32. The number of nitrogens with one attached hydrogen (secondary N) is 2. The van der Waals surface area contributed by atoms with Crippen LogP contribution in [0, 0.1) is 13.8 Å². The van der Waals surface area contributed by atoms with E-state index in [1.54, 1.807) is 0 Å². The van der Waals surface area contributed by atoms with Crippen LogP contribution < -0.4 is 10.6 Å². The standard InChI is InChI=1S/C18H22N2O/c1-4-10-19-17-9-8-15(12-14(17)3)18(21)20-16-7-5-6-13(2)11-16/h5-9,11-12,19H,4,10H2,1-3H3,(H,20,21). The van der Waals surface area contributed by atoms with Gasteiger partial charge >= 0.3 is 0 Å². The van der Waals surface area contributed by atoms with Crippen LogP contribution in [-0.2, 0) is 0 Å². The highest BCUT2D eigenvalue weighted by molar-refractivity contribution is 6.04. The number of benzene rings is 2. The van der Waals surface area contributed by atoms with Gasteiger partial charge in [-0.2, -0.15) is 0 Å². The molecule has 0 spiro atoms. The van der Waals surface area contributed by atoms with Gasteiger partial charge in [0.25, 0.3) is 5.91 Å². The maximum atomic E-state index is 12.3. The minimum atomic E-state index is -0.0780. The average molecular weight is 282 g/mol. The predicted octanol–water partition coefficient (Wildman–Crippen LogP) is 4.38. The zero-order chi connectivity index (χ0) is 15.2. The second-order valence-corrected chi connectivity index (χ2v) is 5.28. The molecular formula is C18H22N2O. The highest BCUT2D eigenvalue weighted by Crippen LogP contribution is 2.18. The number of amides is 1. The van der Waals surface area contributed by atoms with Gasteiger partial charge in [0.05, 0.1) is 0 Å². The quantitative estimate of drug-likeness (QED) is 0.854. The first kappa shape index (κ1) is 15.1. The smallest absolute Gasteiger partial charge is 0.255 e. The molecule has 2 rings (SSSR count). The lowest BCUT2D eigenvalue weighted by Gasteiger charge is -2.11. The van der Waals surface area contributed by atoms with Crippen molar-refractivity contribution in [2.75, 3.05) is 17.2 Å². The maximum absolute atomic E-state index is 12.3. The van der Waals surface area contributed by atoms with Crippen LogP contribution in [0.5, 0.6) is 0 Å². The highest BCUT2D eigenvalue weighted by atomic mass is 16.1.